The second-order valence-corrected chi connectivity index (χ2v) is 12.0. The summed E-state index contributed by atoms with van der Waals surface area (Å²) in [6, 6.07) is -1.48. The predicted octanol–water partition coefficient (Wildman–Crippen LogP) is 0.335. The van der Waals surface area contributed by atoms with Gasteiger partial charge in [0.05, 0.1) is 39.6 Å². The lowest BCUT2D eigenvalue weighted by Crippen LogP contribution is -2.43. The SMILES string of the molecule is S=P(CN1CCOCC1)(CN1CCOCC1)CN1CCOCC1. The van der Waals surface area contributed by atoms with Crippen LogP contribution in [0.3, 0.4) is 0 Å². The van der Waals surface area contributed by atoms with Crippen LogP contribution in [0, 0.1) is 0 Å². The Balaban J connectivity index is 1.61. The van der Waals surface area contributed by atoms with Crippen LogP contribution in [0.25, 0.3) is 0 Å². The van der Waals surface area contributed by atoms with Gasteiger partial charge in [-0.3, -0.25) is 14.7 Å². The van der Waals surface area contributed by atoms with Gasteiger partial charge in [0.15, 0.2) is 0 Å². The maximum absolute atomic E-state index is 6.31. The van der Waals surface area contributed by atoms with Crippen LogP contribution in [0.5, 0.6) is 0 Å². The number of ether oxygens (including phenoxy) is 3. The second kappa shape index (κ2) is 9.20. The highest BCUT2D eigenvalue weighted by Crippen LogP contribution is 2.48. The third-order valence-corrected chi connectivity index (χ3v) is 8.47. The van der Waals surface area contributed by atoms with Crippen LogP contribution < -0.4 is 0 Å². The molecular weight excluding hydrogens is 333 g/mol. The van der Waals surface area contributed by atoms with Gasteiger partial charge in [-0.15, -0.1) is 0 Å². The van der Waals surface area contributed by atoms with Crippen molar-refractivity contribution in [3.05, 3.63) is 0 Å². The molecule has 134 valence electrons. The van der Waals surface area contributed by atoms with Crippen LogP contribution in [-0.2, 0) is 26.0 Å². The van der Waals surface area contributed by atoms with Gasteiger partial charge in [0.2, 0.25) is 0 Å². The lowest BCUT2D eigenvalue weighted by atomic mass is 10.5. The number of rotatable bonds is 6. The smallest absolute Gasteiger partial charge is 0.0594 e. The van der Waals surface area contributed by atoms with Gasteiger partial charge in [-0.2, -0.15) is 0 Å². The maximum atomic E-state index is 6.31. The number of hydrogen-bond donors (Lipinski definition) is 0. The minimum absolute atomic E-state index is 0.852. The zero-order valence-corrected chi connectivity index (χ0v) is 15.7. The molecule has 3 aliphatic rings. The number of hydrogen-bond acceptors (Lipinski definition) is 7. The molecule has 0 amide bonds. The summed E-state index contributed by atoms with van der Waals surface area (Å²) in [5.41, 5.74) is 0. The minimum atomic E-state index is -1.48. The average Bonchev–Trinajstić information content (AvgIpc) is 2.57. The molecule has 0 aromatic rings. The van der Waals surface area contributed by atoms with Crippen molar-refractivity contribution in [3.8, 4) is 0 Å². The first-order chi connectivity index (χ1) is 11.2. The van der Waals surface area contributed by atoms with E-state index < -0.39 is 6.04 Å². The Morgan fingerprint density at radius 2 is 0.826 bits per heavy atom. The topological polar surface area (TPSA) is 37.4 Å². The third-order valence-electron chi connectivity index (χ3n) is 4.68. The first kappa shape index (κ1) is 18.2. The number of nitrogens with zero attached hydrogens (tertiary/aromatic N) is 3. The monoisotopic (exact) mass is 363 g/mol. The highest BCUT2D eigenvalue weighted by atomic mass is 32.4. The van der Waals surface area contributed by atoms with Gasteiger partial charge in [0, 0.05) is 58.1 Å². The van der Waals surface area contributed by atoms with Crippen LogP contribution in [0.15, 0.2) is 0 Å². The van der Waals surface area contributed by atoms with E-state index in [0.717, 1.165) is 97.8 Å². The minimum Gasteiger partial charge on any atom is -0.379 e. The third kappa shape index (κ3) is 6.01. The molecule has 8 heteroatoms. The van der Waals surface area contributed by atoms with E-state index in [4.69, 9.17) is 26.0 Å². The highest BCUT2D eigenvalue weighted by molar-refractivity contribution is 8.14. The van der Waals surface area contributed by atoms with E-state index in [1.165, 1.54) is 0 Å². The summed E-state index contributed by atoms with van der Waals surface area (Å²) in [4.78, 5) is 7.60. The second-order valence-electron chi connectivity index (χ2n) is 6.67. The van der Waals surface area contributed by atoms with E-state index in [1.807, 2.05) is 0 Å². The molecule has 0 bridgehead atoms. The normalized spacial score (nSPS) is 26.4. The van der Waals surface area contributed by atoms with Gasteiger partial charge in [0.25, 0.3) is 0 Å². The Bertz CT molecular complexity index is 340. The van der Waals surface area contributed by atoms with E-state index in [9.17, 15) is 0 Å². The van der Waals surface area contributed by atoms with Gasteiger partial charge in [-0.05, 0) is 6.04 Å². The van der Waals surface area contributed by atoms with Gasteiger partial charge >= 0.3 is 0 Å². The van der Waals surface area contributed by atoms with Gasteiger partial charge in [0.1, 0.15) is 0 Å². The summed E-state index contributed by atoms with van der Waals surface area (Å²) >= 11 is 6.31. The Labute approximate surface area is 145 Å². The van der Waals surface area contributed by atoms with Gasteiger partial charge in [-0.25, -0.2) is 0 Å². The fourth-order valence-corrected chi connectivity index (χ4v) is 8.23. The molecule has 3 aliphatic heterocycles. The van der Waals surface area contributed by atoms with E-state index in [2.05, 4.69) is 14.7 Å². The summed E-state index contributed by atoms with van der Waals surface area (Å²) in [6.45, 7) is 11.3. The largest absolute Gasteiger partial charge is 0.379 e. The van der Waals surface area contributed by atoms with Crippen molar-refractivity contribution in [2.24, 2.45) is 0 Å². The van der Waals surface area contributed by atoms with Crippen molar-refractivity contribution in [2.75, 3.05) is 97.8 Å². The zero-order valence-electron chi connectivity index (χ0n) is 14.0. The molecule has 3 heterocycles. The molecule has 6 nitrogen and oxygen atoms in total. The molecule has 0 aromatic carbocycles. The summed E-state index contributed by atoms with van der Waals surface area (Å²) in [6.07, 6.45) is 3.25. The summed E-state index contributed by atoms with van der Waals surface area (Å²) in [5, 5.41) is 0. The molecule has 0 radical (unpaired) electrons. The van der Waals surface area contributed by atoms with Crippen LogP contribution in [0.4, 0.5) is 0 Å². The fourth-order valence-electron chi connectivity index (χ4n) is 3.46. The van der Waals surface area contributed by atoms with Crippen molar-refractivity contribution in [1.29, 1.82) is 0 Å². The van der Waals surface area contributed by atoms with Gasteiger partial charge < -0.3 is 14.2 Å². The molecule has 3 saturated heterocycles. The molecule has 0 aromatic heterocycles. The molecule has 0 atom stereocenters. The van der Waals surface area contributed by atoms with Crippen molar-refractivity contribution < 1.29 is 14.2 Å². The molecule has 0 N–H and O–H groups in total. The molecule has 0 saturated carbocycles. The standard InChI is InChI=1S/C15H30N3O3PS/c23-22(13-16-1-7-19-8-2-16,14-17-3-9-20-10-4-17)15-18-5-11-21-12-6-18/h1-15H2. The van der Waals surface area contributed by atoms with Crippen LogP contribution in [0.1, 0.15) is 0 Å². The van der Waals surface area contributed by atoms with Crippen LogP contribution in [-0.4, -0.2) is 112 Å². The molecule has 0 unspecified atom stereocenters. The van der Waals surface area contributed by atoms with E-state index in [1.54, 1.807) is 0 Å². The van der Waals surface area contributed by atoms with E-state index in [-0.39, 0.29) is 0 Å². The summed E-state index contributed by atoms with van der Waals surface area (Å²) < 4.78 is 16.5. The molecule has 3 fully saturated rings. The Hall–Kier alpha value is 0.410. The molecular formula is C15H30N3O3PS. The van der Waals surface area contributed by atoms with E-state index >= 15 is 0 Å². The van der Waals surface area contributed by atoms with Crippen LogP contribution >= 0.6 is 6.04 Å². The average molecular weight is 363 g/mol. The van der Waals surface area contributed by atoms with Crippen molar-refractivity contribution in [1.82, 2.24) is 14.7 Å². The lowest BCUT2D eigenvalue weighted by Gasteiger charge is -2.40. The first-order valence-electron chi connectivity index (χ1n) is 8.71. The number of morpholine rings is 3. The molecule has 3 rings (SSSR count). The lowest BCUT2D eigenvalue weighted by molar-refractivity contribution is 0.0396. The van der Waals surface area contributed by atoms with Crippen LogP contribution in [0.2, 0.25) is 0 Å². The molecule has 23 heavy (non-hydrogen) atoms. The van der Waals surface area contributed by atoms with Crippen molar-refractivity contribution in [2.45, 2.75) is 0 Å². The zero-order chi connectivity index (χ0) is 16.0. The van der Waals surface area contributed by atoms with Gasteiger partial charge in [-0.1, -0.05) is 11.8 Å². The summed E-state index contributed by atoms with van der Waals surface area (Å²) in [7, 11) is 0. The van der Waals surface area contributed by atoms with E-state index in [0.29, 0.717) is 0 Å². The highest BCUT2D eigenvalue weighted by Gasteiger charge is 2.28. The molecule has 0 spiro atoms. The Morgan fingerprint density at radius 1 is 0.565 bits per heavy atom. The Kier molecular flexibility index (Phi) is 7.29. The predicted molar refractivity (Wildman–Crippen MR) is 96.1 cm³/mol. The molecule has 0 aliphatic carbocycles. The maximum Gasteiger partial charge on any atom is 0.0594 e. The fraction of sp³-hybridized carbons (Fsp3) is 1.00. The summed E-state index contributed by atoms with van der Waals surface area (Å²) in [5.74, 6) is 0. The Morgan fingerprint density at radius 3 is 1.09 bits per heavy atom. The van der Waals surface area contributed by atoms with Crippen molar-refractivity contribution >= 4 is 17.8 Å². The quantitative estimate of drug-likeness (QED) is 0.630. The van der Waals surface area contributed by atoms with Crippen molar-refractivity contribution in [3.63, 3.8) is 0 Å². The first-order valence-corrected chi connectivity index (χ1v) is 12.1.